The molecule has 0 spiro atoms. The van der Waals surface area contributed by atoms with Crippen LogP contribution in [0.1, 0.15) is 0 Å². The van der Waals surface area contributed by atoms with Gasteiger partial charge in [0.2, 0.25) is 0 Å². The highest BCUT2D eigenvalue weighted by Gasteiger charge is 2.31. The molecule has 5 aromatic rings. The molecule has 0 bridgehead atoms. The van der Waals surface area contributed by atoms with E-state index in [4.69, 9.17) is 0 Å². The van der Waals surface area contributed by atoms with E-state index in [0.717, 1.165) is 39.8 Å². The molecule has 0 radical (unpaired) electrons. The third kappa shape index (κ3) is 4.75. The molecule has 4 aromatic carbocycles. The fraction of sp³-hybridized carbons (Fsp3) is 0.0357. The molecule has 1 aromatic heterocycles. The number of alkyl halides is 3. The Morgan fingerprint density at radius 3 is 2.06 bits per heavy atom. The fourth-order valence-corrected chi connectivity index (χ4v) is 4.07. The molecule has 0 aliphatic heterocycles. The summed E-state index contributed by atoms with van der Waals surface area (Å²) in [6.07, 6.45) is -3.00. The number of ether oxygens (including phenoxy) is 1. The quantitative estimate of drug-likeness (QED) is 0.288. The Morgan fingerprint density at radius 1 is 0.714 bits per heavy atom. The van der Waals surface area contributed by atoms with E-state index in [-0.39, 0.29) is 5.75 Å². The van der Waals surface area contributed by atoms with Gasteiger partial charge in [-0.05, 0) is 47.0 Å². The van der Waals surface area contributed by atoms with Crippen molar-refractivity contribution < 1.29 is 22.7 Å². The molecule has 0 saturated carbocycles. The van der Waals surface area contributed by atoms with Crippen LogP contribution in [0.25, 0.3) is 33.2 Å². The summed E-state index contributed by atoms with van der Waals surface area (Å²) in [6.45, 7) is 0. The van der Waals surface area contributed by atoms with Crippen LogP contribution in [0, 0.1) is 0 Å². The monoisotopic (exact) mass is 472 g/mol. The maximum Gasteiger partial charge on any atom is 0.573 e. The van der Waals surface area contributed by atoms with Crippen LogP contribution in [-0.4, -0.2) is 17.0 Å². The number of para-hydroxylation sites is 1. The summed E-state index contributed by atoms with van der Waals surface area (Å²) in [5.41, 5.74) is 5.02. The lowest BCUT2D eigenvalue weighted by Gasteiger charge is -2.10. The van der Waals surface area contributed by atoms with Crippen molar-refractivity contribution >= 4 is 22.6 Å². The van der Waals surface area contributed by atoms with Crippen LogP contribution in [0.3, 0.4) is 0 Å². The van der Waals surface area contributed by atoms with Gasteiger partial charge in [-0.2, -0.15) is 0 Å². The minimum atomic E-state index is -4.78. The zero-order valence-corrected chi connectivity index (χ0v) is 18.3. The fourth-order valence-electron chi connectivity index (χ4n) is 4.07. The third-order valence-electron chi connectivity index (χ3n) is 5.57. The number of hydrogen-bond acceptors (Lipinski definition) is 2. The van der Waals surface area contributed by atoms with Crippen LogP contribution in [-0.2, 0) is 0 Å². The summed E-state index contributed by atoms with van der Waals surface area (Å²) in [7, 11) is 0. The molecule has 0 fully saturated rings. The Bertz CT molecular complexity index is 1490. The first-order valence-corrected chi connectivity index (χ1v) is 10.8. The second kappa shape index (κ2) is 9.02. The summed E-state index contributed by atoms with van der Waals surface area (Å²) >= 11 is 0. The molecular weight excluding hydrogens is 453 g/mol. The Hall–Kier alpha value is -4.52. The van der Waals surface area contributed by atoms with Crippen LogP contribution >= 0.6 is 0 Å². The van der Waals surface area contributed by atoms with E-state index in [0.29, 0.717) is 11.2 Å². The summed E-state index contributed by atoms with van der Waals surface area (Å²) in [5.74, 6) is -0.360. The van der Waals surface area contributed by atoms with E-state index in [9.17, 15) is 18.0 Å². The number of fused-ring (bicyclic) bond motifs is 1. The summed E-state index contributed by atoms with van der Waals surface area (Å²) in [4.78, 5) is 13.2. The summed E-state index contributed by atoms with van der Waals surface area (Å²) in [5, 5.41) is 3.64. The highest BCUT2D eigenvalue weighted by molar-refractivity contribution is 6.06. The van der Waals surface area contributed by atoms with E-state index in [1.807, 2.05) is 78.9 Å². The number of amides is 1. The topological polar surface area (TPSA) is 43.3 Å². The summed E-state index contributed by atoms with van der Waals surface area (Å²) in [6, 6.07) is 30.2. The van der Waals surface area contributed by atoms with Gasteiger partial charge in [0, 0.05) is 22.8 Å². The number of carbonyl (C=O) groups excluding carboxylic acids is 1. The molecule has 0 aliphatic rings. The first-order chi connectivity index (χ1) is 16.9. The van der Waals surface area contributed by atoms with Crippen molar-refractivity contribution in [3.05, 3.63) is 109 Å². The largest absolute Gasteiger partial charge is 0.573 e. The van der Waals surface area contributed by atoms with Gasteiger partial charge < -0.3 is 10.1 Å². The van der Waals surface area contributed by atoms with Crippen molar-refractivity contribution in [2.24, 2.45) is 0 Å². The predicted molar refractivity (Wildman–Crippen MR) is 130 cm³/mol. The van der Waals surface area contributed by atoms with Crippen LogP contribution in [0.4, 0.5) is 23.7 Å². The van der Waals surface area contributed by atoms with Crippen molar-refractivity contribution in [3.63, 3.8) is 0 Å². The van der Waals surface area contributed by atoms with Crippen LogP contribution in [0.5, 0.6) is 5.75 Å². The Labute approximate surface area is 199 Å². The molecule has 174 valence electrons. The number of carbonyl (C=O) groups is 1. The lowest BCUT2D eigenvalue weighted by atomic mass is 9.94. The Kier molecular flexibility index (Phi) is 5.74. The van der Waals surface area contributed by atoms with E-state index in [1.54, 1.807) is 6.20 Å². The standard InChI is InChI=1S/C28H19F3N2O2/c29-28(30,31)35-21-16-14-20(15-17-21)32-27(34)33-18-25(24-12-6-7-13-26(24)33)23-11-5-4-10-22(23)19-8-2-1-3-9-19/h1-18H,(H,32,34). The van der Waals surface area contributed by atoms with Gasteiger partial charge >= 0.3 is 12.4 Å². The molecular formula is C28H19F3N2O2. The van der Waals surface area contributed by atoms with Crippen molar-refractivity contribution in [1.29, 1.82) is 0 Å². The minimum Gasteiger partial charge on any atom is -0.406 e. The molecule has 4 nitrogen and oxygen atoms in total. The molecule has 1 heterocycles. The normalized spacial score (nSPS) is 11.4. The number of aromatic nitrogens is 1. The molecule has 1 N–H and O–H groups in total. The third-order valence-corrected chi connectivity index (χ3v) is 5.57. The molecule has 7 heteroatoms. The Balaban J connectivity index is 1.51. The van der Waals surface area contributed by atoms with Crippen LogP contribution in [0.15, 0.2) is 109 Å². The van der Waals surface area contributed by atoms with Crippen LogP contribution in [0.2, 0.25) is 0 Å². The maximum absolute atomic E-state index is 13.2. The predicted octanol–water partition coefficient (Wildman–Crippen LogP) is 7.95. The van der Waals surface area contributed by atoms with Gasteiger partial charge in [0.25, 0.3) is 0 Å². The van der Waals surface area contributed by atoms with E-state index >= 15 is 0 Å². The van der Waals surface area contributed by atoms with Gasteiger partial charge in [0.1, 0.15) is 5.75 Å². The number of nitrogens with one attached hydrogen (secondary N) is 1. The first kappa shape index (κ1) is 22.3. The maximum atomic E-state index is 13.2. The number of nitrogens with zero attached hydrogens (tertiary/aromatic N) is 1. The average Bonchev–Trinajstić information content (AvgIpc) is 3.25. The lowest BCUT2D eigenvalue weighted by molar-refractivity contribution is -0.274. The minimum absolute atomic E-state index is 0.341. The zero-order valence-electron chi connectivity index (χ0n) is 18.3. The number of benzene rings is 4. The van der Waals surface area contributed by atoms with Crippen molar-refractivity contribution in [3.8, 4) is 28.0 Å². The molecule has 0 unspecified atom stereocenters. The smallest absolute Gasteiger partial charge is 0.406 e. The van der Waals surface area contributed by atoms with Crippen molar-refractivity contribution in [2.45, 2.75) is 6.36 Å². The van der Waals surface area contributed by atoms with E-state index in [1.165, 1.54) is 16.7 Å². The Morgan fingerprint density at radius 2 is 1.34 bits per heavy atom. The van der Waals surface area contributed by atoms with Crippen molar-refractivity contribution in [2.75, 3.05) is 5.32 Å². The second-order valence-corrected chi connectivity index (χ2v) is 7.84. The SMILES string of the molecule is O=C(Nc1ccc(OC(F)(F)F)cc1)n1cc(-c2ccccc2-c2ccccc2)c2ccccc21. The number of hydrogen-bond donors (Lipinski definition) is 1. The highest BCUT2D eigenvalue weighted by Crippen LogP contribution is 2.37. The zero-order chi connectivity index (χ0) is 24.4. The van der Waals surface area contributed by atoms with Crippen molar-refractivity contribution in [1.82, 2.24) is 4.57 Å². The lowest BCUT2D eigenvalue weighted by Crippen LogP contribution is -2.19. The second-order valence-electron chi connectivity index (χ2n) is 7.84. The number of halogens is 3. The summed E-state index contributed by atoms with van der Waals surface area (Å²) < 4.78 is 42.6. The van der Waals surface area contributed by atoms with Gasteiger partial charge in [-0.3, -0.25) is 4.57 Å². The average molecular weight is 472 g/mol. The van der Waals surface area contributed by atoms with Gasteiger partial charge in [-0.15, -0.1) is 13.2 Å². The molecule has 0 saturated heterocycles. The highest BCUT2D eigenvalue weighted by atomic mass is 19.4. The molecule has 0 atom stereocenters. The van der Waals surface area contributed by atoms with Gasteiger partial charge in [-0.25, -0.2) is 4.79 Å². The van der Waals surface area contributed by atoms with E-state index in [2.05, 4.69) is 10.1 Å². The van der Waals surface area contributed by atoms with E-state index < -0.39 is 12.4 Å². The first-order valence-electron chi connectivity index (χ1n) is 10.8. The molecule has 5 rings (SSSR count). The molecule has 35 heavy (non-hydrogen) atoms. The van der Waals surface area contributed by atoms with Gasteiger partial charge in [0.05, 0.1) is 5.52 Å². The van der Waals surface area contributed by atoms with Gasteiger partial charge in [0.15, 0.2) is 0 Å². The molecule has 1 amide bonds. The number of anilines is 1. The van der Waals surface area contributed by atoms with Gasteiger partial charge in [-0.1, -0.05) is 72.8 Å². The molecule has 0 aliphatic carbocycles. The van der Waals surface area contributed by atoms with Crippen LogP contribution < -0.4 is 10.1 Å². The number of rotatable bonds is 4.